The van der Waals surface area contributed by atoms with E-state index in [1.165, 1.54) is 11.1 Å². The number of benzene rings is 1. The number of nitrogens with one attached hydrogen (secondary N) is 1. The van der Waals surface area contributed by atoms with Gasteiger partial charge in [0.2, 0.25) is 0 Å². The van der Waals surface area contributed by atoms with Crippen LogP contribution in [0.15, 0.2) is 24.3 Å². The topological polar surface area (TPSA) is 35.5 Å². The molecule has 2 N–H and O–H groups in total. The predicted octanol–water partition coefficient (Wildman–Crippen LogP) is 2.00. The molecular formula is C16H28N2O. The fourth-order valence-electron chi connectivity index (χ4n) is 2.27. The molecule has 0 aliphatic rings. The molecule has 1 rings (SSSR count). The number of likely N-dealkylation sites (N-methyl/N-ethyl adjacent to an activating group) is 1. The van der Waals surface area contributed by atoms with Crippen LogP contribution in [0.1, 0.15) is 31.4 Å². The van der Waals surface area contributed by atoms with E-state index in [1.807, 2.05) is 0 Å². The highest BCUT2D eigenvalue weighted by Crippen LogP contribution is 2.25. The van der Waals surface area contributed by atoms with Gasteiger partial charge in [0.05, 0.1) is 12.1 Å². The van der Waals surface area contributed by atoms with E-state index in [1.54, 1.807) is 0 Å². The summed E-state index contributed by atoms with van der Waals surface area (Å²) in [5.41, 5.74) is 2.19. The van der Waals surface area contributed by atoms with Crippen molar-refractivity contribution in [3.05, 3.63) is 35.4 Å². The highest BCUT2D eigenvalue weighted by atomic mass is 16.3. The summed E-state index contributed by atoms with van der Waals surface area (Å²) in [7, 11) is 4.12. The van der Waals surface area contributed by atoms with Gasteiger partial charge >= 0.3 is 0 Å². The number of hydrogen-bond acceptors (Lipinski definition) is 3. The average molecular weight is 264 g/mol. The standard InChI is InChI=1S/C16H28N2O/c1-5-14-7-9-15(10-8-14)16(6-2,13-19)17-11-12-18(3)4/h7-10,17,19H,5-6,11-13H2,1-4H3. The molecule has 1 aromatic carbocycles. The Kier molecular flexibility index (Phi) is 6.49. The molecule has 0 bridgehead atoms. The summed E-state index contributed by atoms with van der Waals surface area (Å²) in [6.45, 7) is 6.24. The summed E-state index contributed by atoms with van der Waals surface area (Å²) >= 11 is 0. The third-order valence-electron chi connectivity index (χ3n) is 3.81. The third kappa shape index (κ3) is 4.30. The van der Waals surface area contributed by atoms with Crippen LogP contribution in [0, 0.1) is 0 Å². The lowest BCUT2D eigenvalue weighted by Gasteiger charge is -2.33. The quantitative estimate of drug-likeness (QED) is 0.754. The molecule has 3 heteroatoms. The second-order valence-corrected chi connectivity index (χ2v) is 5.37. The van der Waals surface area contributed by atoms with Gasteiger partial charge in [0.15, 0.2) is 0 Å². The lowest BCUT2D eigenvalue weighted by atomic mass is 9.87. The SMILES string of the molecule is CCc1ccc(C(CC)(CO)NCCN(C)C)cc1. The molecule has 0 aromatic heterocycles. The van der Waals surface area contributed by atoms with Crippen molar-refractivity contribution in [2.24, 2.45) is 0 Å². The van der Waals surface area contributed by atoms with Gasteiger partial charge in [-0.25, -0.2) is 0 Å². The van der Waals surface area contributed by atoms with Crippen molar-refractivity contribution in [2.45, 2.75) is 32.2 Å². The van der Waals surface area contributed by atoms with Gasteiger partial charge in [0, 0.05) is 13.1 Å². The predicted molar refractivity (Wildman–Crippen MR) is 81.4 cm³/mol. The Labute approximate surface area is 117 Å². The van der Waals surface area contributed by atoms with Gasteiger partial charge in [-0.05, 0) is 38.1 Å². The summed E-state index contributed by atoms with van der Waals surface area (Å²) in [6, 6.07) is 8.59. The molecule has 0 amide bonds. The van der Waals surface area contributed by atoms with Gasteiger partial charge in [-0.2, -0.15) is 0 Å². The molecule has 108 valence electrons. The van der Waals surface area contributed by atoms with Crippen LogP contribution >= 0.6 is 0 Å². The lowest BCUT2D eigenvalue weighted by molar-refractivity contribution is 0.152. The molecule has 19 heavy (non-hydrogen) atoms. The van der Waals surface area contributed by atoms with Crippen LogP contribution in [-0.4, -0.2) is 43.8 Å². The first-order chi connectivity index (χ1) is 9.07. The molecular weight excluding hydrogens is 236 g/mol. The van der Waals surface area contributed by atoms with Crippen LogP contribution in [0.4, 0.5) is 0 Å². The number of nitrogens with zero attached hydrogens (tertiary/aromatic N) is 1. The number of hydrogen-bond donors (Lipinski definition) is 2. The number of rotatable bonds is 8. The van der Waals surface area contributed by atoms with Crippen molar-refractivity contribution in [3.63, 3.8) is 0 Å². The molecule has 1 atom stereocenters. The summed E-state index contributed by atoms with van der Waals surface area (Å²) < 4.78 is 0. The van der Waals surface area contributed by atoms with E-state index in [0.717, 1.165) is 25.9 Å². The molecule has 0 fully saturated rings. The summed E-state index contributed by atoms with van der Waals surface area (Å²) in [5.74, 6) is 0. The Morgan fingerprint density at radius 1 is 1.16 bits per heavy atom. The van der Waals surface area contributed by atoms with Gasteiger partial charge < -0.3 is 15.3 Å². The van der Waals surface area contributed by atoms with Crippen molar-refractivity contribution < 1.29 is 5.11 Å². The smallest absolute Gasteiger partial charge is 0.0666 e. The van der Waals surface area contributed by atoms with E-state index < -0.39 is 0 Å². The van der Waals surface area contributed by atoms with Crippen LogP contribution in [0.2, 0.25) is 0 Å². The number of aryl methyl sites for hydroxylation is 1. The molecule has 3 nitrogen and oxygen atoms in total. The van der Waals surface area contributed by atoms with Crippen LogP contribution in [0.25, 0.3) is 0 Å². The van der Waals surface area contributed by atoms with E-state index in [-0.39, 0.29) is 12.1 Å². The fourth-order valence-corrected chi connectivity index (χ4v) is 2.27. The van der Waals surface area contributed by atoms with Crippen LogP contribution in [-0.2, 0) is 12.0 Å². The first-order valence-electron chi connectivity index (χ1n) is 7.18. The Balaban J connectivity index is 2.83. The molecule has 0 aliphatic carbocycles. The Bertz CT molecular complexity index is 356. The maximum absolute atomic E-state index is 9.85. The minimum atomic E-state index is -0.317. The first-order valence-corrected chi connectivity index (χ1v) is 7.18. The zero-order chi connectivity index (χ0) is 14.3. The molecule has 0 saturated carbocycles. The van der Waals surface area contributed by atoms with Crippen molar-refractivity contribution in [2.75, 3.05) is 33.8 Å². The second-order valence-electron chi connectivity index (χ2n) is 5.37. The number of aliphatic hydroxyl groups is 1. The highest BCUT2D eigenvalue weighted by Gasteiger charge is 2.28. The second kappa shape index (κ2) is 7.63. The van der Waals surface area contributed by atoms with Crippen molar-refractivity contribution in [3.8, 4) is 0 Å². The van der Waals surface area contributed by atoms with Crippen molar-refractivity contribution >= 4 is 0 Å². The molecule has 1 aromatic rings. The lowest BCUT2D eigenvalue weighted by Crippen LogP contribution is -2.47. The largest absolute Gasteiger partial charge is 0.394 e. The molecule has 0 spiro atoms. The maximum Gasteiger partial charge on any atom is 0.0666 e. The van der Waals surface area contributed by atoms with Crippen molar-refractivity contribution in [1.29, 1.82) is 0 Å². The summed E-state index contributed by atoms with van der Waals surface area (Å²) in [5, 5.41) is 13.4. The average Bonchev–Trinajstić information content (AvgIpc) is 2.44. The minimum Gasteiger partial charge on any atom is -0.394 e. The normalized spacial score (nSPS) is 14.6. The van der Waals surface area contributed by atoms with E-state index in [9.17, 15) is 5.11 Å². The zero-order valence-corrected chi connectivity index (χ0v) is 12.7. The zero-order valence-electron chi connectivity index (χ0n) is 12.7. The molecule has 0 saturated heterocycles. The fraction of sp³-hybridized carbons (Fsp3) is 0.625. The molecule has 0 heterocycles. The van der Waals surface area contributed by atoms with Gasteiger partial charge in [-0.15, -0.1) is 0 Å². The molecule has 0 aliphatic heterocycles. The van der Waals surface area contributed by atoms with Gasteiger partial charge in [-0.3, -0.25) is 0 Å². The Morgan fingerprint density at radius 2 is 1.79 bits per heavy atom. The number of aliphatic hydroxyl groups excluding tert-OH is 1. The maximum atomic E-state index is 9.85. The van der Waals surface area contributed by atoms with Crippen molar-refractivity contribution in [1.82, 2.24) is 10.2 Å². The van der Waals surface area contributed by atoms with E-state index in [0.29, 0.717) is 0 Å². The minimum absolute atomic E-state index is 0.127. The Hall–Kier alpha value is -0.900. The van der Waals surface area contributed by atoms with Gasteiger partial charge in [0.25, 0.3) is 0 Å². The Morgan fingerprint density at radius 3 is 2.21 bits per heavy atom. The van der Waals surface area contributed by atoms with Crippen LogP contribution in [0.5, 0.6) is 0 Å². The monoisotopic (exact) mass is 264 g/mol. The van der Waals surface area contributed by atoms with E-state index in [2.05, 4.69) is 62.4 Å². The first kappa shape index (κ1) is 16.2. The highest BCUT2D eigenvalue weighted by molar-refractivity contribution is 5.29. The van der Waals surface area contributed by atoms with Crippen LogP contribution < -0.4 is 5.32 Å². The van der Waals surface area contributed by atoms with Crippen LogP contribution in [0.3, 0.4) is 0 Å². The summed E-state index contributed by atoms with van der Waals surface area (Å²) in [4.78, 5) is 2.14. The summed E-state index contributed by atoms with van der Waals surface area (Å²) in [6.07, 6.45) is 1.93. The van der Waals surface area contributed by atoms with Gasteiger partial charge in [0.1, 0.15) is 0 Å². The van der Waals surface area contributed by atoms with E-state index in [4.69, 9.17) is 0 Å². The third-order valence-corrected chi connectivity index (χ3v) is 3.81. The van der Waals surface area contributed by atoms with Gasteiger partial charge in [-0.1, -0.05) is 38.1 Å². The van der Waals surface area contributed by atoms with E-state index >= 15 is 0 Å². The molecule has 0 radical (unpaired) electrons. The molecule has 1 unspecified atom stereocenters.